The molecule has 0 N–H and O–H groups in total. The van der Waals surface area contributed by atoms with Crippen molar-refractivity contribution in [3.63, 3.8) is 0 Å². The van der Waals surface area contributed by atoms with E-state index in [1.807, 2.05) is 17.6 Å². The van der Waals surface area contributed by atoms with Gasteiger partial charge >= 0.3 is 5.97 Å². The maximum absolute atomic E-state index is 11.9. The van der Waals surface area contributed by atoms with E-state index in [9.17, 15) is 4.79 Å². The van der Waals surface area contributed by atoms with Crippen molar-refractivity contribution in [3.05, 3.63) is 52.3 Å². The first-order chi connectivity index (χ1) is 12.1. The minimum Gasteiger partial charge on any atom is -0.467 e. The van der Waals surface area contributed by atoms with Crippen LogP contribution in [-0.2, 0) is 9.47 Å². The molecule has 0 fully saturated rings. The molecule has 0 unspecified atom stereocenters. The van der Waals surface area contributed by atoms with Crippen LogP contribution in [0.25, 0.3) is 20.7 Å². The number of ether oxygens (including phenoxy) is 3. The highest BCUT2D eigenvalue weighted by Crippen LogP contribution is 2.38. The van der Waals surface area contributed by atoms with Gasteiger partial charge in [-0.05, 0) is 25.1 Å². The van der Waals surface area contributed by atoms with Crippen molar-refractivity contribution < 1.29 is 19.0 Å². The second kappa shape index (κ2) is 6.97. The molecule has 0 saturated carbocycles. The average Bonchev–Trinajstić information content (AvgIpc) is 3.16. The Balaban J connectivity index is 2.14. The topological polar surface area (TPSA) is 54.1 Å². The largest absolute Gasteiger partial charge is 0.467 e. The Hall–Kier alpha value is -2.82. The number of benzene rings is 1. The minimum absolute atomic E-state index is 0.0133. The molecule has 25 heavy (non-hydrogen) atoms. The molecule has 0 amide bonds. The summed E-state index contributed by atoms with van der Waals surface area (Å²) in [4.78, 5) is 16.7. The molecule has 0 atom stereocenters. The van der Waals surface area contributed by atoms with Crippen molar-refractivity contribution in [2.24, 2.45) is 0 Å². The van der Waals surface area contributed by atoms with Crippen molar-refractivity contribution in [3.8, 4) is 11.4 Å². The number of carbonyl (C=O) groups is 1. The number of methoxy groups -OCH3 is 2. The van der Waals surface area contributed by atoms with E-state index in [-0.39, 0.29) is 6.79 Å². The SMILES string of the molecule is [C-]#[N+]c1cn(-c2ccc(C(=O)OC)c(OCOC)c2)c2cc(C)sc12. The van der Waals surface area contributed by atoms with Gasteiger partial charge in [-0.15, -0.1) is 0 Å². The van der Waals surface area contributed by atoms with Gasteiger partial charge in [-0.25, -0.2) is 9.64 Å². The molecule has 2 aromatic heterocycles. The van der Waals surface area contributed by atoms with Crippen LogP contribution in [0.1, 0.15) is 15.2 Å². The van der Waals surface area contributed by atoms with E-state index < -0.39 is 5.97 Å². The predicted molar refractivity (Wildman–Crippen MR) is 96.0 cm³/mol. The lowest BCUT2D eigenvalue weighted by Crippen LogP contribution is -2.08. The maximum Gasteiger partial charge on any atom is 0.341 e. The van der Waals surface area contributed by atoms with E-state index in [1.54, 1.807) is 35.7 Å². The molecule has 0 aliphatic rings. The third-order valence-electron chi connectivity index (χ3n) is 3.68. The maximum atomic E-state index is 11.9. The molecule has 0 spiro atoms. The standard InChI is InChI=1S/C18H16N2O4S/c1-11-7-15-17(25-11)14(19-2)9-20(15)12-5-6-13(18(21)23-4)16(8-12)24-10-22-3/h5-9H,10H2,1,3-4H3. The summed E-state index contributed by atoms with van der Waals surface area (Å²) in [5, 5.41) is 0. The summed E-state index contributed by atoms with van der Waals surface area (Å²) >= 11 is 1.59. The van der Waals surface area contributed by atoms with E-state index in [2.05, 4.69) is 4.85 Å². The number of esters is 1. The Labute approximate surface area is 149 Å². The number of carbonyl (C=O) groups excluding carboxylic acids is 1. The van der Waals surface area contributed by atoms with E-state index in [0.717, 1.165) is 20.8 Å². The first-order valence-corrected chi connectivity index (χ1v) is 8.24. The molecule has 3 rings (SSSR count). The smallest absolute Gasteiger partial charge is 0.341 e. The van der Waals surface area contributed by atoms with Crippen LogP contribution in [0.3, 0.4) is 0 Å². The van der Waals surface area contributed by atoms with E-state index >= 15 is 0 Å². The van der Waals surface area contributed by atoms with Gasteiger partial charge in [-0.3, -0.25) is 0 Å². The van der Waals surface area contributed by atoms with Crippen LogP contribution in [0.4, 0.5) is 5.69 Å². The third kappa shape index (κ3) is 3.09. The zero-order valence-electron chi connectivity index (χ0n) is 14.0. The molecule has 0 aliphatic carbocycles. The molecule has 2 heterocycles. The summed E-state index contributed by atoms with van der Waals surface area (Å²) in [6, 6.07) is 7.23. The molecule has 0 radical (unpaired) electrons. The quantitative estimate of drug-likeness (QED) is 0.388. The van der Waals surface area contributed by atoms with E-state index in [0.29, 0.717) is 17.0 Å². The van der Waals surface area contributed by atoms with Gasteiger partial charge in [0.15, 0.2) is 6.79 Å². The Morgan fingerprint density at radius 3 is 2.80 bits per heavy atom. The number of thiophene rings is 1. The Kier molecular flexibility index (Phi) is 4.74. The van der Waals surface area contributed by atoms with Gasteiger partial charge in [-0.1, -0.05) is 0 Å². The first-order valence-electron chi connectivity index (χ1n) is 7.42. The van der Waals surface area contributed by atoms with Crippen molar-refractivity contribution in [2.75, 3.05) is 21.0 Å². The summed E-state index contributed by atoms with van der Waals surface area (Å²) < 4.78 is 18.1. The highest BCUT2D eigenvalue weighted by atomic mass is 32.1. The minimum atomic E-state index is -0.483. The van der Waals surface area contributed by atoms with Gasteiger partial charge in [0, 0.05) is 29.9 Å². The van der Waals surface area contributed by atoms with Gasteiger partial charge in [0.05, 0.1) is 23.9 Å². The van der Waals surface area contributed by atoms with Crippen molar-refractivity contribution in [1.82, 2.24) is 4.57 Å². The summed E-state index contributed by atoms with van der Waals surface area (Å²) in [6.45, 7) is 9.40. The van der Waals surface area contributed by atoms with Gasteiger partial charge in [-0.2, -0.15) is 11.3 Å². The molecule has 3 aromatic rings. The van der Waals surface area contributed by atoms with Crippen LogP contribution >= 0.6 is 11.3 Å². The third-order valence-corrected chi connectivity index (χ3v) is 4.74. The van der Waals surface area contributed by atoms with Crippen LogP contribution < -0.4 is 4.74 Å². The Morgan fingerprint density at radius 2 is 2.12 bits per heavy atom. The fraction of sp³-hybridized carbons (Fsp3) is 0.222. The summed E-state index contributed by atoms with van der Waals surface area (Å²) in [7, 11) is 2.83. The number of rotatable bonds is 5. The van der Waals surface area contributed by atoms with Gasteiger partial charge < -0.3 is 18.8 Å². The van der Waals surface area contributed by atoms with E-state index in [4.69, 9.17) is 20.8 Å². The molecule has 6 nitrogen and oxygen atoms in total. The molecule has 1 aromatic carbocycles. The fourth-order valence-electron chi connectivity index (χ4n) is 2.59. The second-order valence-electron chi connectivity index (χ2n) is 5.29. The summed E-state index contributed by atoms with van der Waals surface area (Å²) in [5.41, 5.74) is 2.66. The molecule has 0 aliphatic heterocycles. The van der Waals surface area contributed by atoms with E-state index in [1.165, 1.54) is 14.2 Å². The molecule has 128 valence electrons. The van der Waals surface area contributed by atoms with Crippen molar-refractivity contribution in [1.29, 1.82) is 0 Å². The van der Waals surface area contributed by atoms with Crippen LogP contribution in [0.15, 0.2) is 30.5 Å². The normalized spacial score (nSPS) is 10.6. The summed E-state index contributed by atoms with van der Waals surface area (Å²) in [6.07, 6.45) is 1.79. The van der Waals surface area contributed by atoms with Crippen molar-refractivity contribution in [2.45, 2.75) is 6.92 Å². The molecule has 0 saturated heterocycles. The number of hydrogen-bond donors (Lipinski definition) is 0. The van der Waals surface area contributed by atoms with Crippen LogP contribution in [-0.4, -0.2) is 31.5 Å². The highest BCUT2D eigenvalue weighted by molar-refractivity contribution is 7.19. The second-order valence-corrected chi connectivity index (χ2v) is 6.55. The lowest BCUT2D eigenvalue weighted by atomic mass is 10.1. The van der Waals surface area contributed by atoms with Crippen LogP contribution in [0.2, 0.25) is 0 Å². The zero-order valence-corrected chi connectivity index (χ0v) is 14.8. The Bertz CT molecular complexity index is 981. The molecule has 7 heteroatoms. The Morgan fingerprint density at radius 1 is 1.32 bits per heavy atom. The molecule has 0 bridgehead atoms. The average molecular weight is 356 g/mol. The number of fused-ring (bicyclic) bond motifs is 1. The number of aryl methyl sites for hydroxylation is 1. The number of aromatic nitrogens is 1. The predicted octanol–water partition coefficient (Wildman–Crippen LogP) is 4.32. The zero-order chi connectivity index (χ0) is 18.0. The molecular formula is C18H16N2O4S. The first kappa shape index (κ1) is 17.0. The van der Waals surface area contributed by atoms with Crippen LogP contribution in [0, 0.1) is 13.5 Å². The summed E-state index contributed by atoms with van der Waals surface area (Å²) in [5.74, 6) is -0.118. The van der Waals surface area contributed by atoms with Gasteiger partial charge in [0.2, 0.25) is 5.69 Å². The fourth-order valence-corrected chi connectivity index (χ4v) is 3.55. The number of hydrogen-bond acceptors (Lipinski definition) is 5. The molecular weight excluding hydrogens is 340 g/mol. The lowest BCUT2D eigenvalue weighted by molar-refractivity contribution is 0.0465. The highest BCUT2D eigenvalue weighted by Gasteiger charge is 2.17. The van der Waals surface area contributed by atoms with Crippen LogP contribution in [0.5, 0.6) is 5.75 Å². The van der Waals surface area contributed by atoms with Gasteiger partial charge in [0.25, 0.3) is 0 Å². The number of nitrogens with zero attached hydrogens (tertiary/aromatic N) is 2. The van der Waals surface area contributed by atoms with Crippen molar-refractivity contribution >= 4 is 33.2 Å². The monoisotopic (exact) mass is 356 g/mol. The lowest BCUT2D eigenvalue weighted by Gasteiger charge is -2.12. The van der Waals surface area contributed by atoms with Gasteiger partial charge in [0.1, 0.15) is 11.3 Å².